The SMILES string of the molecule is C=C(Oc1ccc2ccccc2c1)N(C)c1cccc(C)c1. The van der Waals surface area contributed by atoms with Crippen molar-refractivity contribution < 1.29 is 4.74 Å². The second kappa shape index (κ2) is 5.94. The maximum Gasteiger partial charge on any atom is 0.192 e. The summed E-state index contributed by atoms with van der Waals surface area (Å²) < 4.78 is 5.91. The van der Waals surface area contributed by atoms with E-state index in [1.807, 2.05) is 48.3 Å². The Kier molecular flexibility index (Phi) is 3.84. The summed E-state index contributed by atoms with van der Waals surface area (Å²) in [7, 11) is 1.96. The molecule has 0 radical (unpaired) electrons. The Morgan fingerprint density at radius 2 is 1.68 bits per heavy atom. The van der Waals surface area contributed by atoms with Crippen molar-refractivity contribution in [2.45, 2.75) is 6.92 Å². The summed E-state index contributed by atoms with van der Waals surface area (Å²) >= 11 is 0. The van der Waals surface area contributed by atoms with Crippen LogP contribution in [-0.2, 0) is 0 Å². The van der Waals surface area contributed by atoms with Gasteiger partial charge in [-0.1, -0.05) is 42.5 Å². The third kappa shape index (κ3) is 2.96. The van der Waals surface area contributed by atoms with Crippen LogP contribution in [0.25, 0.3) is 10.8 Å². The lowest BCUT2D eigenvalue weighted by molar-refractivity contribution is 0.415. The lowest BCUT2D eigenvalue weighted by atomic mass is 10.1. The second-order valence-electron chi connectivity index (χ2n) is 5.40. The molecule has 0 aliphatic heterocycles. The second-order valence-corrected chi connectivity index (χ2v) is 5.40. The molecule has 110 valence electrons. The summed E-state index contributed by atoms with van der Waals surface area (Å²) in [5.41, 5.74) is 2.27. The molecule has 0 saturated heterocycles. The van der Waals surface area contributed by atoms with Crippen LogP contribution in [0.2, 0.25) is 0 Å². The topological polar surface area (TPSA) is 12.5 Å². The van der Waals surface area contributed by atoms with Crippen molar-refractivity contribution >= 4 is 16.5 Å². The van der Waals surface area contributed by atoms with Crippen LogP contribution in [0.4, 0.5) is 5.69 Å². The van der Waals surface area contributed by atoms with E-state index in [1.165, 1.54) is 10.9 Å². The van der Waals surface area contributed by atoms with Gasteiger partial charge in [0.15, 0.2) is 5.88 Å². The van der Waals surface area contributed by atoms with E-state index in [1.54, 1.807) is 0 Å². The molecule has 0 bridgehead atoms. The third-order valence-electron chi connectivity index (χ3n) is 3.72. The van der Waals surface area contributed by atoms with E-state index in [0.717, 1.165) is 16.8 Å². The maximum absolute atomic E-state index is 5.91. The van der Waals surface area contributed by atoms with E-state index in [0.29, 0.717) is 5.88 Å². The molecule has 3 rings (SSSR count). The highest BCUT2D eigenvalue weighted by Crippen LogP contribution is 2.24. The summed E-state index contributed by atoms with van der Waals surface area (Å²) in [6, 6.07) is 22.5. The van der Waals surface area contributed by atoms with Crippen LogP contribution in [0.5, 0.6) is 5.75 Å². The van der Waals surface area contributed by atoms with Crippen LogP contribution in [0.3, 0.4) is 0 Å². The molecular weight excluding hydrogens is 270 g/mol. The number of ether oxygens (including phenoxy) is 1. The molecule has 0 heterocycles. The summed E-state index contributed by atoms with van der Waals surface area (Å²) in [6.45, 7) is 6.11. The molecule has 3 aromatic rings. The van der Waals surface area contributed by atoms with Gasteiger partial charge in [-0.15, -0.1) is 0 Å². The number of aryl methyl sites for hydroxylation is 1. The van der Waals surface area contributed by atoms with Crippen LogP contribution < -0.4 is 9.64 Å². The molecule has 2 nitrogen and oxygen atoms in total. The van der Waals surface area contributed by atoms with E-state index in [-0.39, 0.29) is 0 Å². The van der Waals surface area contributed by atoms with E-state index in [4.69, 9.17) is 4.74 Å². The standard InChI is InChI=1S/C20H19NO/c1-15-7-6-10-19(13-15)21(3)16(2)22-20-12-11-17-8-4-5-9-18(17)14-20/h4-14H,2H2,1,3H3. The summed E-state index contributed by atoms with van der Waals surface area (Å²) in [6.07, 6.45) is 0. The maximum atomic E-state index is 5.91. The first-order valence-corrected chi connectivity index (χ1v) is 7.29. The molecule has 0 spiro atoms. The Morgan fingerprint density at radius 3 is 2.45 bits per heavy atom. The Bertz CT molecular complexity index is 823. The number of anilines is 1. The number of hydrogen-bond acceptors (Lipinski definition) is 2. The van der Waals surface area contributed by atoms with Gasteiger partial charge in [0.1, 0.15) is 5.75 Å². The molecule has 0 unspecified atom stereocenters. The predicted octanol–water partition coefficient (Wildman–Crippen LogP) is 5.13. The van der Waals surface area contributed by atoms with Gasteiger partial charge in [-0.2, -0.15) is 0 Å². The van der Waals surface area contributed by atoms with E-state index < -0.39 is 0 Å². The van der Waals surface area contributed by atoms with Crippen LogP contribution >= 0.6 is 0 Å². The highest BCUT2D eigenvalue weighted by molar-refractivity contribution is 5.83. The van der Waals surface area contributed by atoms with Gasteiger partial charge >= 0.3 is 0 Å². The fourth-order valence-corrected chi connectivity index (χ4v) is 2.42. The molecule has 0 aliphatic carbocycles. The average Bonchev–Trinajstić information content (AvgIpc) is 2.54. The first-order chi connectivity index (χ1) is 10.6. The zero-order chi connectivity index (χ0) is 15.5. The Labute approximate surface area is 131 Å². The van der Waals surface area contributed by atoms with Gasteiger partial charge in [0.25, 0.3) is 0 Å². The number of nitrogens with zero attached hydrogens (tertiary/aromatic N) is 1. The molecule has 0 fully saturated rings. The Hall–Kier alpha value is -2.74. The third-order valence-corrected chi connectivity index (χ3v) is 3.72. The number of benzene rings is 3. The van der Waals surface area contributed by atoms with Crippen LogP contribution in [-0.4, -0.2) is 7.05 Å². The average molecular weight is 289 g/mol. The van der Waals surface area contributed by atoms with Crippen LogP contribution in [0.1, 0.15) is 5.56 Å². The lowest BCUT2D eigenvalue weighted by Crippen LogP contribution is -2.19. The van der Waals surface area contributed by atoms with Gasteiger partial charge in [-0.25, -0.2) is 0 Å². The van der Waals surface area contributed by atoms with Crippen molar-refractivity contribution in [3.8, 4) is 5.75 Å². The quantitative estimate of drug-likeness (QED) is 0.617. The number of rotatable bonds is 4. The van der Waals surface area contributed by atoms with Gasteiger partial charge in [0, 0.05) is 12.7 Å². The molecule has 22 heavy (non-hydrogen) atoms. The smallest absolute Gasteiger partial charge is 0.192 e. The zero-order valence-corrected chi connectivity index (χ0v) is 12.9. The Morgan fingerprint density at radius 1 is 0.909 bits per heavy atom. The van der Waals surface area contributed by atoms with Crippen molar-refractivity contribution in [1.29, 1.82) is 0 Å². The van der Waals surface area contributed by atoms with Crippen LogP contribution in [0, 0.1) is 6.92 Å². The minimum atomic E-state index is 0.598. The molecule has 0 N–H and O–H groups in total. The monoisotopic (exact) mass is 289 g/mol. The highest BCUT2D eigenvalue weighted by atomic mass is 16.5. The largest absolute Gasteiger partial charge is 0.441 e. The fourth-order valence-electron chi connectivity index (χ4n) is 2.42. The molecule has 0 atom stereocenters. The van der Waals surface area contributed by atoms with Gasteiger partial charge in [0.05, 0.1) is 0 Å². The predicted molar refractivity (Wildman–Crippen MR) is 93.3 cm³/mol. The van der Waals surface area contributed by atoms with Crippen molar-refractivity contribution in [2.24, 2.45) is 0 Å². The van der Waals surface area contributed by atoms with Crippen molar-refractivity contribution in [1.82, 2.24) is 0 Å². The normalized spacial score (nSPS) is 10.5. The summed E-state index contributed by atoms with van der Waals surface area (Å²) in [5, 5.41) is 2.36. The van der Waals surface area contributed by atoms with Gasteiger partial charge in [0.2, 0.25) is 0 Å². The van der Waals surface area contributed by atoms with Crippen LogP contribution in [0.15, 0.2) is 79.2 Å². The van der Waals surface area contributed by atoms with E-state index >= 15 is 0 Å². The molecule has 0 aliphatic rings. The first kappa shape index (κ1) is 14.2. The van der Waals surface area contributed by atoms with Gasteiger partial charge < -0.3 is 9.64 Å². The molecule has 0 amide bonds. The molecule has 2 heteroatoms. The molecule has 3 aromatic carbocycles. The van der Waals surface area contributed by atoms with E-state index in [2.05, 4.69) is 43.8 Å². The number of hydrogen-bond donors (Lipinski definition) is 0. The van der Waals surface area contributed by atoms with Gasteiger partial charge in [-0.3, -0.25) is 0 Å². The summed E-state index contributed by atoms with van der Waals surface area (Å²) in [4.78, 5) is 1.95. The summed E-state index contributed by atoms with van der Waals surface area (Å²) in [5.74, 6) is 1.39. The first-order valence-electron chi connectivity index (χ1n) is 7.29. The molecule has 0 aromatic heterocycles. The zero-order valence-electron chi connectivity index (χ0n) is 12.9. The fraction of sp³-hybridized carbons (Fsp3) is 0.100. The van der Waals surface area contributed by atoms with E-state index in [9.17, 15) is 0 Å². The van der Waals surface area contributed by atoms with Crippen molar-refractivity contribution in [2.75, 3.05) is 11.9 Å². The Balaban J connectivity index is 1.80. The highest BCUT2D eigenvalue weighted by Gasteiger charge is 2.08. The van der Waals surface area contributed by atoms with Gasteiger partial charge in [-0.05, 0) is 54.1 Å². The number of fused-ring (bicyclic) bond motifs is 1. The lowest BCUT2D eigenvalue weighted by Gasteiger charge is -2.22. The minimum absolute atomic E-state index is 0.598. The van der Waals surface area contributed by atoms with Crippen molar-refractivity contribution in [3.05, 3.63) is 84.8 Å². The minimum Gasteiger partial charge on any atom is -0.441 e. The molecule has 0 saturated carbocycles. The van der Waals surface area contributed by atoms with Crippen molar-refractivity contribution in [3.63, 3.8) is 0 Å². The molecular formula is C20H19NO.